The summed E-state index contributed by atoms with van der Waals surface area (Å²) in [7, 11) is 0. The lowest BCUT2D eigenvalue weighted by Crippen LogP contribution is -2.34. The van der Waals surface area contributed by atoms with Crippen LogP contribution in [0.2, 0.25) is 0 Å². The summed E-state index contributed by atoms with van der Waals surface area (Å²) < 4.78 is 5.99. The highest BCUT2D eigenvalue weighted by Gasteiger charge is 2.50. The topological polar surface area (TPSA) is 64.0 Å². The monoisotopic (exact) mass is 325 g/mol. The molecule has 3 heterocycles. The molecule has 1 aliphatic heterocycles. The Balaban J connectivity index is 1.50. The first-order valence-corrected chi connectivity index (χ1v) is 8.62. The Morgan fingerprint density at radius 2 is 1.96 bits per heavy atom. The number of anilines is 1. The molecule has 1 saturated heterocycles. The quantitative estimate of drug-likeness (QED) is 0.861. The molecule has 0 radical (unpaired) electrons. The molecule has 1 aliphatic carbocycles. The molecule has 6 heteroatoms. The molecule has 4 rings (SSSR count). The molecule has 2 atom stereocenters. The van der Waals surface area contributed by atoms with Gasteiger partial charge in [0.15, 0.2) is 0 Å². The van der Waals surface area contributed by atoms with Gasteiger partial charge in [-0.15, -0.1) is 0 Å². The van der Waals surface area contributed by atoms with Crippen LogP contribution in [0.15, 0.2) is 24.5 Å². The number of rotatable bonds is 4. The van der Waals surface area contributed by atoms with Crippen molar-refractivity contribution in [2.75, 3.05) is 24.6 Å². The average molecular weight is 325 g/mol. The van der Waals surface area contributed by atoms with E-state index in [-0.39, 0.29) is 5.41 Å². The van der Waals surface area contributed by atoms with Crippen LogP contribution >= 0.6 is 0 Å². The van der Waals surface area contributed by atoms with Crippen molar-refractivity contribution < 1.29 is 4.74 Å². The number of hydrogen-bond acceptors (Lipinski definition) is 6. The lowest BCUT2D eigenvalue weighted by molar-refractivity contribution is 0.130. The van der Waals surface area contributed by atoms with E-state index in [1.54, 1.807) is 6.20 Å². The summed E-state index contributed by atoms with van der Waals surface area (Å²) in [5.41, 5.74) is 2.11. The highest BCUT2D eigenvalue weighted by molar-refractivity contribution is 5.34. The largest absolute Gasteiger partial charge is 0.463 e. The van der Waals surface area contributed by atoms with Crippen LogP contribution in [0.3, 0.4) is 0 Å². The van der Waals surface area contributed by atoms with Crippen molar-refractivity contribution in [1.82, 2.24) is 19.9 Å². The minimum atomic E-state index is 0.167. The third-order valence-electron chi connectivity index (χ3n) is 5.37. The molecule has 0 aromatic carbocycles. The summed E-state index contributed by atoms with van der Waals surface area (Å²) in [5.74, 6) is 1.47. The fourth-order valence-corrected chi connectivity index (χ4v) is 4.09. The molecular weight excluding hydrogens is 302 g/mol. The van der Waals surface area contributed by atoms with Crippen molar-refractivity contribution in [3.05, 3.63) is 35.9 Å². The number of aryl methyl sites for hydroxylation is 2. The Morgan fingerprint density at radius 3 is 2.75 bits per heavy atom. The zero-order valence-corrected chi connectivity index (χ0v) is 14.3. The summed E-state index contributed by atoms with van der Waals surface area (Å²) in [6.45, 7) is 6.60. The Labute approximate surface area is 142 Å². The van der Waals surface area contributed by atoms with Gasteiger partial charge in [-0.3, -0.25) is 0 Å². The molecule has 0 spiro atoms. The van der Waals surface area contributed by atoms with E-state index in [2.05, 4.69) is 24.8 Å². The van der Waals surface area contributed by atoms with Gasteiger partial charge in [-0.05, 0) is 44.7 Å². The maximum atomic E-state index is 5.99. The van der Waals surface area contributed by atoms with E-state index in [1.165, 1.54) is 19.3 Å². The number of aromatic nitrogens is 4. The number of ether oxygens (including phenoxy) is 1. The molecule has 0 amide bonds. The Bertz CT molecular complexity index is 737. The third-order valence-corrected chi connectivity index (χ3v) is 5.37. The molecule has 2 aliphatic rings. The van der Waals surface area contributed by atoms with Crippen LogP contribution in [0.4, 0.5) is 5.95 Å². The Kier molecular flexibility index (Phi) is 3.82. The van der Waals surface area contributed by atoms with Crippen LogP contribution in [-0.2, 0) is 0 Å². The van der Waals surface area contributed by atoms with Gasteiger partial charge in [0.05, 0.1) is 6.61 Å². The van der Waals surface area contributed by atoms with E-state index in [1.807, 2.05) is 32.2 Å². The second-order valence-electron chi connectivity index (χ2n) is 7.10. The molecule has 126 valence electrons. The van der Waals surface area contributed by atoms with E-state index in [4.69, 9.17) is 4.74 Å². The molecule has 1 saturated carbocycles. The van der Waals surface area contributed by atoms with Gasteiger partial charge in [-0.2, -0.15) is 0 Å². The Morgan fingerprint density at radius 1 is 1.17 bits per heavy atom. The van der Waals surface area contributed by atoms with Gasteiger partial charge in [-0.1, -0.05) is 6.42 Å². The first kappa shape index (κ1) is 15.3. The predicted molar refractivity (Wildman–Crippen MR) is 91.0 cm³/mol. The summed E-state index contributed by atoms with van der Waals surface area (Å²) >= 11 is 0. The van der Waals surface area contributed by atoms with Gasteiger partial charge in [0.1, 0.15) is 0 Å². The van der Waals surface area contributed by atoms with Crippen molar-refractivity contribution >= 4 is 5.95 Å². The van der Waals surface area contributed by atoms with Crippen LogP contribution in [0, 0.1) is 25.2 Å². The molecule has 2 fully saturated rings. The normalized spacial score (nSPS) is 25.8. The van der Waals surface area contributed by atoms with Crippen LogP contribution in [0.5, 0.6) is 6.01 Å². The van der Waals surface area contributed by atoms with Crippen molar-refractivity contribution in [2.45, 2.75) is 33.1 Å². The van der Waals surface area contributed by atoms with Crippen molar-refractivity contribution in [2.24, 2.45) is 11.3 Å². The van der Waals surface area contributed by atoms with Crippen molar-refractivity contribution in [3.63, 3.8) is 0 Å². The van der Waals surface area contributed by atoms with Crippen LogP contribution in [-0.4, -0.2) is 39.6 Å². The average Bonchev–Trinajstić information content (AvgIpc) is 3.10. The predicted octanol–water partition coefficient (Wildman–Crippen LogP) is 2.57. The van der Waals surface area contributed by atoms with Crippen molar-refractivity contribution in [1.29, 1.82) is 0 Å². The highest BCUT2D eigenvalue weighted by atomic mass is 16.5. The summed E-state index contributed by atoms with van der Waals surface area (Å²) in [5, 5.41) is 0. The number of hydrogen-bond donors (Lipinski definition) is 0. The van der Waals surface area contributed by atoms with Gasteiger partial charge in [0.25, 0.3) is 0 Å². The summed E-state index contributed by atoms with van der Waals surface area (Å²) in [6.07, 6.45) is 7.30. The zero-order chi connectivity index (χ0) is 16.6. The smallest absolute Gasteiger partial charge is 0.316 e. The highest BCUT2D eigenvalue weighted by Crippen LogP contribution is 2.49. The van der Waals surface area contributed by atoms with E-state index in [0.717, 1.165) is 30.4 Å². The summed E-state index contributed by atoms with van der Waals surface area (Å²) in [6, 6.07) is 4.31. The maximum Gasteiger partial charge on any atom is 0.316 e. The van der Waals surface area contributed by atoms with Gasteiger partial charge in [0.2, 0.25) is 5.95 Å². The molecule has 0 bridgehead atoms. The molecule has 2 unspecified atom stereocenters. The van der Waals surface area contributed by atoms with Crippen LogP contribution < -0.4 is 9.64 Å². The van der Waals surface area contributed by atoms with Gasteiger partial charge < -0.3 is 9.64 Å². The van der Waals surface area contributed by atoms with E-state index in [0.29, 0.717) is 18.5 Å². The fourth-order valence-electron chi connectivity index (χ4n) is 4.09. The van der Waals surface area contributed by atoms with Crippen LogP contribution in [0.25, 0.3) is 0 Å². The van der Waals surface area contributed by atoms with Crippen LogP contribution in [0.1, 0.15) is 30.7 Å². The molecular formula is C18H23N5O. The third kappa shape index (κ3) is 2.81. The van der Waals surface area contributed by atoms with Gasteiger partial charge in [0, 0.05) is 42.3 Å². The van der Waals surface area contributed by atoms with Gasteiger partial charge in [-0.25, -0.2) is 19.9 Å². The number of fused-ring (bicyclic) bond motifs is 1. The summed E-state index contributed by atoms with van der Waals surface area (Å²) in [4.78, 5) is 20.0. The van der Waals surface area contributed by atoms with E-state index < -0.39 is 0 Å². The standard InChI is InChI=1S/C18H23N5O/c1-13-5-8-19-16(21-13)23-10-15-4-3-7-18(15,11-23)12-24-17-20-9-6-14(2)22-17/h5-6,8-9,15H,3-4,7,10-12H2,1-2H3. The second-order valence-corrected chi connectivity index (χ2v) is 7.10. The lowest BCUT2D eigenvalue weighted by atomic mass is 9.82. The minimum absolute atomic E-state index is 0.167. The first-order valence-electron chi connectivity index (χ1n) is 8.62. The molecule has 2 aromatic heterocycles. The minimum Gasteiger partial charge on any atom is -0.463 e. The molecule has 24 heavy (non-hydrogen) atoms. The van der Waals surface area contributed by atoms with Gasteiger partial charge >= 0.3 is 6.01 Å². The number of nitrogens with zero attached hydrogens (tertiary/aromatic N) is 5. The Hall–Kier alpha value is -2.24. The fraction of sp³-hybridized carbons (Fsp3) is 0.556. The van der Waals surface area contributed by atoms with E-state index in [9.17, 15) is 0 Å². The van der Waals surface area contributed by atoms with Crippen molar-refractivity contribution in [3.8, 4) is 6.01 Å². The molecule has 0 N–H and O–H groups in total. The molecule has 6 nitrogen and oxygen atoms in total. The first-order chi connectivity index (χ1) is 11.6. The zero-order valence-electron chi connectivity index (χ0n) is 14.3. The second kappa shape index (κ2) is 6.00. The van der Waals surface area contributed by atoms with E-state index >= 15 is 0 Å². The lowest BCUT2D eigenvalue weighted by Gasteiger charge is -2.28. The molecule has 2 aromatic rings. The SMILES string of the molecule is Cc1ccnc(OCC23CCCC2CN(c2nccc(C)n2)C3)n1. The maximum absolute atomic E-state index is 5.99.